The Balaban J connectivity index is 0. The van der Waals surface area contributed by atoms with Crippen LogP contribution in [0.3, 0.4) is 0 Å². The molecule has 0 aliphatic heterocycles. The van der Waals surface area contributed by atoms with Crippen LogP contribution in [-0.2, 0) is 4.79 Å². The molecule has 0 rings (SSSR count). The molecule has 1 amide bonds. The molecule has 0 aromatic rings. The van der Waals surface area contributed by atoms with Gasteiger partial charge >= 0.3 is 0 Å². The second-order valence-electron chi connectivity index (χ2n) is 3.97. The lowest BCUT2D eigenvalue weighted by atomic mass is 10.2. The third kappa shape index (κ3) is 15.9. The molecule has 0 fully saturated rings. The van der Waals surface area contributed by atoms with Crippen LogP contribution in [0.5, 0.6) is 0 Å². The molecule has 0 saturated carbocycles. The van der Waals surface area contributed by atoms with Crippen molar-refractivity contribution < 1.29 is 9.90 Å². The molecule has 0 saturated heterocycles. The molecule has 0 heterocycles. The van der Waals surface area contributed by atoms with Crippen LogP contribution < -0.4 is 5.73 Å². The topological polar surface area (TPSA) is 63.3 Å². The summed E-state index contributed by atoms with van der Waals surface area (Å²) in [6.07, 6.45) is 5.14. The zero-order valence-electron chi connectivity index (χ0n) is 10.4. The molecule has 0 bridgehead atoms. The lowest BCUT2D eigenvalue weighted by molar-refractivity contribution is -0.114. The van der Waals surface area contributed by atoms with Crippen LogP contribution in [0.1, 0.15) is 47.0 Å². The van der Waals surface area contributed by atoms with Gasteiger partial charge in [-0.1, -0.05) is 39.7 Å². The summed E-state index contributed by atoms with van der Waals surface area (Å²) >= 11 is 0. The van der Waals surface area contributed by atoms with E-state index in [1.807, 2.05) is 19.9 Å². The van der Waals surface area contributed by atoms with E-state index in [-0.39, 0.29) is 5.91 Å². The fraction of sp³-hybridized carbons (Fsp3) is 0.750. The SMILES string of the molecule is CC(C)CO.CCCCC=C(C)C(N)=O. The summed E-state index contributed by atoms with van der Waals surface area (Å²) in [5.74, 6) is 0.131. The second kappa shape index (κ2) is 11.2. The smallest absolute Gasteiger partial charge is 0.244 e. The lowest BCUT2D eigenvalue weighted by Gasteiger charge is -1.92. The van der Waals surface area contributed by atoms with Crippen molar-refractivity contribution >= 4 is 5.91 Å². The molecular formula is C12H25NO2. The molecule has 15 heavy (non-hydrogen) atoms. The van der Waals surface area contributed by atoms with Crippen molar-refractivity contribution in [3.05, 3.63) is 11.6 Å². The van der Waals surface area contributed by atoms with Crippen LogP contribution in [0.15, 0.2) is 11.6 Å². The lowest BCUT2D eigenvalue weighted by Crippen LogP contribution is -2.11. The monoisotopic (exact) mass is 215 g/mol. The highest BCUT2D eigenvalue weighted by Crippen LogP contribution is 1.99. The maximum Gasteiger partial charge on any atom is 0.244 e. The Labute approximate surface area is 93.4 Å². The van der Waals surface area contributed by atoms with Gasteiger partial charge in [0.25, 0.3) is 0 Å². The van der Waals surface area contributed by atoms with Crippen molar-refractivity contribution in [1.82, 2.24) is 0 Å². The van der Waals surface area contributed by atoms with E-state index in [4.69, 9.17) is 10.8 Å². The van der Waals surface area contributed by atoms with E-state index in [0.29, 0.717) is 18.1 Å². The molecule has 3 nitrogen and oxygen atoms in total. The number of primary amides is 1. The molecule has 0 atom stereocenters. The number of amides is 1. The first-order valence-corrected chi connectivity index (χ1v) is 5.53. The van der Waals surface area contributed by atoms with Crippen LogP contribution in [-0.4, -0.2) is 17.6 Å². The Morgan fingerprint density at radius 3 is 2.20 bits per heavy atom. The Bertz CT molecular complexity index is 186. The third-order valence-electron chi connectivity index (χ3n) is 1.76. The van der Waals surface area contributed by atoms with Crippen LogP contribution >= 0.6 is 0 Å². The zero-order valence-corrected chi connectivity index (χ0v) is 10.4. The van der Waals surface area contributed by atoms with E-state index in [0.717, 1.165) is 19.3 Å². The van der Waals surface area contributed by atoms with Crippen LogP contribution in [0, 0.1) is 5.92 Å². The molecule has 0 unspecified atom stereocenters. The second-order valence-corrected chi connectivity index (χ2v) is 3.97. The fourth-order valence-electron chi connectivity index (χ4n) is 0.623. The predicted molar refractivity (Wildman–Crippen MR) is 64.4 cm³/mol. The van der Waals surface area contributed by atoms with E-state index in [9.17, 15) is 4.79 Å². The quantitative estimate of drug-likeness (QED) is 0.545. The Kier molecular flexibility index (Phi) is 12.4. The minimum absolute atomic E-state index is 0.306. The average Bonchev–Trinajstić information content (AvgIpc) is 2.18. The van der Waals surface area contributed by atoms with Gasteiger partial charge in [-0.05, 0) is 19.3 Å². The normalized spacial score (nSPS) is 10.9. The fourth-order valence-corrected chi connectivity index (χ4v) is 0.623. The highest BCUT2D eigenvalue weighted by molar-refractivity contribution is 5.91. The number of aliphatic hydroxyl groups excluding tert-OH is 1. The van der Waals surface area contributed by atoms with Gasteiger partial charge in [0.05, 0.1) is 0 Å². The van der Waals surface area contributed by atoms with Crippen LogP contribution in [0.2, 0.25) is 0 Å². The van der Waals surface area contributed by atoms with Crippen molar-refractivity contribution in [1.29, 1.82) is 0 Å². The molecule has 0 aromatic carbocycles. The molecule has 0 radical (unpaired) electrons. The third-order valence-corrected chi connectivity index (χ3v) is 1.76. The number of hydrogen-bond acceptors (Lipinski definition) is 2. The first-order chi connectivity index (χ1) is 6.95. The predicted octanol–water partition coefficient (Wildman–Crippen LogP) is 2.24. The van der Waals surface area contributed by atoms with E-state index < -0.39 is 0 Å². The van der Waals surface area contributed by atoms with Gasteiger partial charge in [-0.2, -0.15) is 0 Å². The number of carbonyl (C=O) groups excluding carboxylic acids is 1. The van der Waals surface area contributed by atoms with Gasteiger partial charge in [0.15, 0.2) is 0 Å². The molecule has 0 spiro atoms. The Morgan fingerprint density at radius 1 is 1.47 bits per heavy atom. The largest absolute Gasteiger partial charge is 0.396 e. The summed E-state index contributed by atoms with van der Waals surface area (Å²) < 4.78 is 0. The van der Waals surface area contributed by atoms with Gasteiger partial charge in [-0.25, -0.2) is 0 Å². The number of allylic oxidation sites excluding steroid dienone is 1. The first-order valence-electron chi connectivity index (χ1n) is 5.53. The van der Waals surface area contributed by atoms with Crippen molar-refractivity contribution in [3.63, 3.8) is 0 Å². The number of hydrogen-bond donors (Lipinski definition) is 2. The molecule has 0 aliphatic rings. The summed E-state index contributed by atoms with van der Waals surface area (Å²) in [6.45, 7) is 8.12. The van der Waals surface area contributed by atoms with Crippen LogP contribution in [0.25, 0.3) is 0 Å². The summed E-state index contributed by atoms with van der Waals surface area (Å²) in [6, 6.07) is 0. The number of rotatable bonds is 5. The van der Waals surface area contributed by atoms with Crippen molar-refractivity contribution in [2.45, 2.75) is 47.0 Å². The number of nitrogens with two attached hydrogens (primary N) is 1. The summed E-state index contributed by atoms with van der Waals surface area (Å²) in [7, 11) is 0. The maximum absolute atomic E-state index is 10.4. The van der Waals surface area contributed by atoms with Crippen LogP contribution in [0.4, 0.5) is 0 Å². The number of aliphatic hydroxyl groups is 1. The Hall–Kier alpha value is -0.830. The maximum atomic E-state index is 10.4. The van der Waals surface area contributed by atoms with Crippen molar-refractivity contribution in [2.75, 3.05) is 6.61 Å². The number of carbonyl (C=O) groups is 1. The molecule has 3 heteroatoms. The van der Waals surface area contributed by atoms with E-state index >= 15 is 0 Å². The summed E-state index contributed by atoms with van der Waals surface area (Å²) in [4.78, 5) is 10.4. The molecule has 3 N–H and O–H groups in total. The minimum atomic E-state index is -0.309. The standard InChI is InChI=1S/C8H15NO.C4H10O/c1-3-4-5-6-7(2)8(9)10;1-4(2)3-5/h6H,3-5H2,1-2H3,(H2,9,10);4-5H,3H2,1-2H3. The van der Waals surface area contributed by atoms with Gasteiger partial charge < -0.3 is 10.8 Å². The molecule has 90 valence electrons. The van der Waals surface area contributed by atoms with Crippen molar-refractivity contribution in [2.24, 2.45) is 11.7 Å². The highest BCUT2D eigenvalue weighted by Gasteiger charge is 1.93. The van der Waals surface area contributed by atoms with E-state index in [1.165, 1.54) is 0 Å². The van der Waals surface area contributed by atoms with Gasteiger partial charge in [0.1, 0.15) is 0 Å². The van der Waals surface area contributed by atoms with Crippen molar-refractivity contribution in [3.8, 4) is 0 Å². The average molecular weight is 215 g/mol. The number of unbranched alkanes of at least 4 members (excludes halogenated alkanes) is 2. The molecule has 0 aromatic heterocycles. The zero-order chi connectivity index (χ0) is 12.3. The summed E-state index contributed by atoms with van der Waals surface area (Å²) in [5, 5.41) is 8.14. The first kappa shape index (κ1) is 16.6. The van der Waals surface area contributed by atoms with E-state index in [1.54, 1.807) is 6.92 Å². The van der Waals surface area contributed by atoms with E-state index in [2.05, 4.69) is 6.92 Å². The van der Waals surface area contributed by atoms with Gasteiger partial charge in [-0.15, -0.1) is 0 Å². The molecular weight excluding hydrogens is 190 g/mol. The minimum Gasteiger partial charge on any atom is -0.396 e. The summed E-state index contributed by atoms with van der Waals surface area (Å²) in [5.41, 5.74) is 5.69. The van der Waals surface area contributed by atoms with Gasteiger partial charge in [0.2, 0.25) is 5.91 Å². The Morgan fingerprint density at radius 2 is 1.93 bits per heavy atom. The highest BCUT2D eigenvalue weighted by atomic mass is 16.3. The van der Waals surface area contributed by atoms with Gasteiger partial charge in [-0.3, -0.25) is 4.79 Å². The van der Waals surface area contributed by atoms with Gasteiger partial charge in [0, 0.05) is 12.2 Å². The molecule has 0 aliphatic carbocycles.